The van der Waals surface area contributed by atoms with E-state index >= 15 is 0 Å². The van der Waals surface area contributed by atoms with Crippen molar-refractivity contribution >= 4 is 0 Å². The summed E-state index contributed by atoms with van der Waals surface area (Å²) in [7, 11) is 1.85. The van der Waals surface area contributed by atoms with E-state index in [0.29, 0.717) is 17.6 Å². The van der Waals surface area contributed by atoms with Crippen LogP contribution in [0.2, 0.25) is 0 Å². The minimum atomic E-state index is 0.464. The first kappa shape index (κ1) is 15.3. The summed E-state index contributed by atoms with van der Waals surface area (Å²) in [5, 5.41) is 3.74. The Morgan fingerprint density at radius 2 is 1.89 bits per heavy atom. The van der Waals surface area contributed by atoms with Crippen molar-refractivity contribution in [3.8, 4) is 0 Å². The van der Waals surface area contributed by atoms with E-state index in [1.165, 1.54) is 45.3 Å². The minimum absolute atomic E-state index is 0.464. The van der Waals surface area contributed by atoms with Crippen molar-refractivity contribution in [3.63, 3.8) is 0 Å². The van der Waals surface area contributed by atoms with Crippen molar-refractivity contribution in [2.24, 2.45) is 11.3 Å². The minimum Gasteiger partial charge on any atom is -0.381 e. The number of nitrogens with zero attached hydrogens (tertiary/aromatic N) is 1. The van der Waals surface area contributed by atoms with E-state index in [1.54, 1.807) is 0 Å². The molecule has 1 N–H and O–H groups in total. The first-order valence-electron chi connectivity index (χ1n) is 8.05. The molecule has 1 aliphatic heterocycles. The molecule has 2 fully saturated rings. The Morgan fingerprint density at radius 1 is 1.21 bits per heavy atom. The average Bonchev–Trinajstić information content (AvgIpc) is 2.68. The number of ether oxygens (including phenoxy) is 1. The predicted molar refractivity (Wildman–Crippen MR) is 80.4 cm³/mol. The number of nitrogens with one attached hydrogen (secondary N) is 1. The van der Waals surface area contributed by atoms with Crippen molar-refractivity contribution in [1.82, 2.24) is 10.2 Å². The Balaban J connectivity index is 1.85. The van der Waals surface area contributed by atoms with Crippen molar-refractivity contribution in [3.05, 3.63) is 0 Å². The van der Waals surface area contributed by atoms with Crippen LogP contribution in [-0.2, 0) is 4.74 Å². The van der Waals surface area contributed by atoms with E-state index in [4.69, 9.17) is 4.74 Å². The molecule has 2 rings (SSSR count). The number of hydrogen-bond acceptors (Lipinski definition) is 3. The largest absolute Gasteiger partial charge is 0.381 e. The lowest BCUT2D eigenvalue weighted by Gasteiger charge is -2.37. The molecule has 1 saturated heterocycles. The van der Waals surface area contributed by atoms with Gasteiger partial charge in [-0.25, -0.2) is 0 Å². The second kappa shape index (κ2) is 6.55. The van der Waals surface area contributed by atoms with Crippen LogP contribution in [0.3, 0.4) is 0 Å². The standard InChI is InChI=1S/C16H32N2O/c1-5-17-15-13(6-9-16(15,2)3)12-18-10-7-14(19-4)8-11-18/h13-15,17H,5-12H2,1-4H3. The highest BCUT2D eigenvalue weighted by Gasteiger charge is 2.41. The number of piperidine rings is 1. The molecule has 0 spiro atoms. The normalized spacial score (nSPS) is 32.8. The summed E-state index contributed by atoms with van der Waals surface area (Å²) in [6.45, 7) is 11.9. The number of likely N-dealkylation sites (tertiary alicyclic amines) is 1. The van der Waals surface area contributed by atoms with E-state index in [0.717, 1.165) is 12.5 Å². The fourth-order valence-electron chi connectivity index (χ4n) is 4.04. The second-order valence-electron chi connectivity index (χ2n) is 7.06. The average molecular weight is 268 g/mol. The Bertz CT molecular complexity index is 272. The molecule has 2 atom stereocenters. The maximum absolute atomic E-state index is 5.46. The first-order chi connectivity index (χ1) is 9.06. The van der Waals surface area contributed by atoms with Crippen LogP contribution in [0.25, 0.3) is 0 Å². The molecule has 0 amide bonds. The van der Waals surface area contributed by atoms with Gasteiger partial charge in [0, 0.05) is 32.8 Å². The maximum atomic E-state index is 5.46. The van der Waals surface area contributed by atoms with Gasteiger partial charge in [0.05, 0.1) is 6.10 Å². The lowest BCUT2D eigenvalue weighted by molar-refractivity contribution is 0.0345. The SMILES string of the molecule is CCNC1C(CN2CCC(OC)CC2)CCC1(C)C. The van der Waals surface area contributed by atoms with E-state index in [1.807, 2.05) is 7.11 Å². The molecule has 0 bridgehead atoms. The number of methoxy groups -OCH3 is 1. The zero-order valence-corrected chi connectivity index (χ0v) is 13.2. The van der Waals surface area contributed by atoms with Crippen LogP contribution in [0.15, 0.2) is 0 Å². The molecule has 19 heavy (non-hydrogen) atoms. The molecule has 112 valence electrons. The third-order valence-corrected chi connectivity index (χ3v) is 5.26. The lowest BCUT2D eigenvalue weighted by atomic mass is 9.84. The Kier molecular flexibility index (Phi) is 5.27. The molecule has 0 radical (unpaired) electrons. The monoisotopic (exact) mass is 268 g/mol. The van der Waals surface area contributed by atoms with Gasteiger partial charge in [0.25, 0.3) is 0 Å². The summed E-state index contributed by atoms with van der Waals surface area (Å²) < 4.78 is 5.46. The van der Waals surface area contributed by atoms with Gasteiger partial charge in [-0.1, -0.05) is 20.8 Å². The van der Waals surface area contributed by atoms with Crippen molar-refractivity contribution < 1.29 is 4.74 Å². The van der Waals surface area contributed by atoms with Crippen molar-refractivity contribution in [1.29, 1.82) is 0 Å². The lowest BCUT2D eigenvalue weighted by Crippen LogP contribution is -2.47. The van der Waals surface area contributed by atoms with E-state index in [2.05, 4.69) is 31.0 Å². The topological polar surface area (TPSA) is 24.5 Å². The molecule has 2 unspecified atom stereocenters. The van der Waals surface area contributed by atoms with Crippen LogP contribution in [0.1, 0.15) is 46.5 Å². The predicted octanol–water partition coefficient (Wildman–Crippen LogP) is 2.51. The third kappa shape index (κ3) is 3.71. The van der Waals surface area contributed by atoms with Crippen LogP contribution in [0.4, 0.5) is 0 Å². The van der Waals surface area contributed by atoms with Gasteiger partial charge in [0.15, 0.2) is 0 Å². The summed E-state index contributed by atoms with van der Waals surface area (Å²) >= 11 is 0. The van der Waals surface area contributed by atoms with E-state index in [-0.39, 0.29) is 0 Å². The number of rotatable bonds is 5. The molecule has 0 aromatic heterocycles. The van der Waals surface area contributed by atoms with Gasteiger partial charge in [0.2, 0.25) is 0 Å². The van der Waals surface area contributed by atoms with Gasteiger partial charge in [-0.15, -0.1) is 0 Å². The van der Waals surface area contributed by atoms with Gasteiger partial charge in [-0.3, -0.25) is 0 Å². The van der Waals surface area contributed by atoms with E-state index in [9.17, 15) is 0 Å². The highest BCUT2D eigenvalue weighted by atomic mass is 16.5. The van der Waals surface area contributed by atoms with Gasteiger partial charge in [-0.2, -0.15) is 0 Å². The fraction of sp³-hybridized carbons (Fsp3) is 1.00. The van der Waals surface area contributed by atoms with Crippen LogP contribution in [-0.4, -0.2) is 50.3 Å². The van der Waals surface area contributed by atoms with Crippen LogP contribution in [0.5, 0.6) is 0 Å². The van der Waals surface area contributed by atoms with Crippen molar-refractivity contribution in [2.45, 2.75) is 58.6 Å². The summed E-state index contributed by atoms with van der Waals surface area (Å²) in [4.78, 5) is 2.66. The van der Waals surface area contributed by atoms with E-state index < -0.39 is 0 Å². The summed E-state index contributed by atoms with van der Waals surface area (Å²) in [6, 6.07) is 0.692. The van der Waals surface area contributed by atoms with Gasteiger partial charge >= 0.3 is 0 Å². The first-order valence-corrected chi connectivity index (χ1v) is 8.05. The molecule has 3 heteroatoms. The molecule has 1 saturated carbocycles. The molecule has 2 aliphatic rings. The smallest absolute Gasteiger partial charge is 0.0595 e. The highest BCUT2D eigenvalue weighted by Crippen LogP contribution is 2.41. The van der Waals surface area contributed by atoms with Crippen LogP contribution in [0, 0.1) is 11.3 Å². The van der Waals surface area contributed by atoms with Gasteiger partial charge in [0.1, 0.15) is 0 Å². The number of hydrogen-bond donors (Lipinski definition) is 1. The Morgan fingerprint density at radius 3 is 2.47 bits per heavy atom. The molecule has 3 nitrogen and oxygen atoms in total. The van der Waals surface area contributed by atoms with Crippen LogP contribution >= 0.6 is 0 Å². The Hall–Kier alpha value is -0.120. The van der Waals surface area contributed by atoms with Crippen molar-refractivity contribution in [2.75, 3.05) is 33.3 Å². The molecular formula is C16H32N2O. The highest BCUT2D eigenvalue weighted by molar-refractivity contribution is 4.97. The quantitative estimate of drug-likeness (QED) is 0.829. The van der Waals surface area contributed by atoms with Gasteiger partial charge < -0.3 is 15.0 Å². The summed E-state index contributed by atoms with van der Waals surface area (Å²) in [5.74, 6) is 0.828. The van der Waals surface area contributed by atoms with Crippen LogP contribution < -0.4 is 5.32 Å². The third-order valence-electron chi connectivity index (χ3n) is 5.26. The Labute approximate surface area is 119 Å². The zero-order chi connectivity index (χ0) is 13.9. The molecule has 0 aromatic rings. The fourth-order valence-corrected chi connectivity index (χ4v) is 4.04. The second-order valence-corrected chi connectivity index (χ2v) is 7.06. The molecule has 1 heterocycles. The summed E-state index contributed by atoms with van der Waals surface area (Å²) in [6.07, 6.45) is 5.66. The molecule has 0 aromatic carbocycles. The molecule has 1 aliphatic carbocycles. The molecular weight excluding hydrogens is 236 g/mol. The van der Waals surface area contributed by atoms with Gasteiger partial charge in [-0.05, 0) is 43.6 Å². The maximum Gasteiger partial charge on any atom is 0.0595 e. The summed E-state index contributed by atoms with van der Waals surface area (Å²) in [5.41, 5.74) is 0.464. The zero-order valence-electron chi connectivity index (χ0n) is 13.2.